The Bertz CT molecular complexity index is 222. The van der Waals surface area contributed by atoms with Crippen molar-refractivity contribution in [2.24, 2.45) is 5.92 Å². The van der Waals surface area contributed by atoms with Crippen molar-refractivity contribution in [3.8, 4) is 0 Å². The number of nitrogens with one attached hydrogen (secondary N) is 1. The fourth-order valence-corrected chi connectivity index (χ4v) is 2.11. The van der Waals surface area contributed by atoms with Crippen molar-refractivity contribution in [1.29, 1.82) is 0 Å². The van der Waals surface area contributed by atoms with Crippen LogP contribution < -0.4 is 5.32 Å². The highest BCUT2D eigenvalue weighted by Crippen LogP contribution is 2.18. The van der Waals surface area contributed by atoms with Crippen LogP contribution in [-0.4, -0.2) is 49.2 Å². The van der Waals surface area contributed by atoms with Crippen molar-refractivity contribution in [2.45, 2.75) is 58.3 Å². The molecule has 4 nitrogen and oxygen atoms in total. The maximum absolute atomic E-state index is 9.85. The quantitative estimate of drug-likeness (QED) is 0.760. The monoisotopic (exact) mass is 259 g/mol. The van der Waals surface area contributed by atoms with Gasteiger partial charge in [-0.05, 0) is 46.5 Å². The Labute approximate surface area is 111 Å². The number of rotatable bonds is 6. The zero-order valence-electron chi connectivity index (χ0n) is 12.2. The van der Waals surface area contributed by atoms with Gasteiger partial charge in [-0.25, -0.2) is 0 Å². The van der Waals surface area contributed by atoms with Gasteiger partial charge in [0.1, 0.15) is 0 Å². The topological polar surface area (TPSA) is 50.7 Å². The lowest BCUT2D eigenvalue weighted by molar-refractivity contribution is -0.0490. The average molecular weight is 259 g/mol. The molecule has 1 rings (SSSR count). The first-order chi connectivity index (χ1) is 8.38. The SMILES string of the molecule is CC(NCC(O)COC(C)(C)C)C1CCOCC1. The summed E-state index contributed by atoms with van der Waals surface area (Å²) in [6.45, 7) is 10.9. The van der Waals surface area contributed by atoms with Crippen molar-refractivity contribution in [3.63, 3.8) is 0 Å². The summed E-state index contributed by atoms with van der Waals surface area (Å²) < 4.78 is 10.9. The number of aliphatic hydroxyl groups excluding tert-OH is 1. The first kappa shape index (κ1) is 15.9. The van der Waals surface area contributed by atoms with E-state index >= 15 is 0 Å². The van der Waals surface area contributed by atoms with Crippen LogP contribution in [0.15, 0.2) is 0 Å². The van der Waals surface area contributed by atoms with Gasteiger partial charge in [0.25, 0.3) is 0 Å². The highest BCUT2D eigenvalue weighted by atomic mass is 16.5. The molecule has 1 aliphatic rings. The summed E-state index contributed by atoms with van der Waals surface area (Å²) in [5, 5.41) is 13.3. The van der Waals surface area contributed by atoms with Gasteiger partial charge in [-0.3, -0.25) is 0 Å². The van der Waals surface area contributed by atoms with Crippen molar-refractivity contribution < 1.29 is 14.6 Å². The third-order valence-corrected chi connectivity index (χ3v) is 3.36. The second kappa shape index (κ2) is 7.43. The molecule has 1 aliphatic heterocycles. The third-order valence-electron chi connectivity index (χ3n) is 3.36. The molecule has 108 valence electrons. The Morgan fingerprint density at radius 1 is 1.33 bits per heavy atom. The molecule has 0 aromatic rings. The normalized spacial score (nSPS) is 21.8. The van der Waals surface area contributed by atoms with Crippen molar-refractivity contribution in [3.05, 3.63) is 0 Å². The molecule has 2 unspecified atom stereocenters. The summed E-state index contributed by atoms with van der Waals surface area (Å²) in [6, 6.07) is 0.429. The summed E-state index contributed by atoms with van der Waals surface area (Å²) in [5.74, 6) is 0.662. The fraction of sp³-hybridized carbons (Fsp3) is 1.00. The Hall–Kier alpha value is -0.160. The van der Waals surface area contributed by atoms with Crippen LogP contribution in [0, 0.1) is 5.92 Å². The molecule has 0 aromatic carbocycles. The van der Waals surface area contributed by atoms with Gasteiger partial charge >= 0.3 is 0 Å². The van der Waals surface area contributed by atoms with E-state index in [1.54, 1.807) is 0 Å². The summed E-state index contributed by atoms with van der Waals surface area (Å²) in [5.41, 5.74) is -0.187. The Morgan fingerprint density at radius 3 is 2.50 bits per heavy atom. The van der Waals surface area contributed by atoms with Crippen LogP contribution in [0.1, 0.15) is 40.5 Å². The maximum Gasteiger partial charge on any atom is 0.0898 e. The maximum atomic E-state index is 9.85. The first-order valence-electron chi connectivity index (χ1n) is 7.01. The minimum Gasteiger partial charge on any atom is -0.389 e. The van der Waals surface area contributed by atoms with Gasteiger partial charge in [-0.15, -0.1) is 0 Å². The lowest BCUT2D eigenvalue weighted by Gasteiger charge is -2.29. The Morgan fingerprint density at radius 2 is 1.94 bits per heavy atom. The highest BCUT2D eigenvalue weighted by Gasteiger charge is 2.21. The molecule has 1 saturated heterocycles. The molecular formula is C14H29NO3. The van der Waals surface area contributed by atoms with Gasteiger partial charge in [0, 0.05) is 25.8 Å². The summed E-state index contributed by atoms with van der Waals surface area (Å²) in [6.07, 6.45) is 1.79. The van der Waals surface area contributed by atoms with Crippen molar-refractivity contribution >= 4 is 0 Å². The molecule has 2 atom stereocenters. The number of ether oxygens (including phenoxy) is 2. The van der Waals surface area contributed by atoms with E-state index in [2.05, 4.69) is 12.2 Å². The van der Waals surface area contributed by atoms with Crippen LogP contribution in [0.3, 0.4) is 0 Å². The smallest absolute Gasteiger partial charge is 0.0898 e. The van der Waals surface area contributed by atoms with E-state index in [1.165, 1.54) is 0 Å². The predicted molar refractivity (Wildman–Crippen MR) is 72.7 cm³/mol. The van der Waals surface area contributed by atoms with Gasteiger partial charge in [0.05, 0.1) is 18.3 Å². The lowest BCUT2D eigenvalue weighted by atomic mass is 9.93. The van der Waals surface area contributed by atoms with Crippen LogP contribution in [0.2, 0.25) is 0 Å². The number of hydrogen-bond donors (Lipinski definition) is 2. The molecule has 18 heavy (non-hydrogen) atoms. The van der Waals surface area contributed by atoms with Crippen LogP contribution in [0.5, 0.6) is 0 Å². The molecule has 2 N–H and O–H groups in total. The minimum atomic E-state index is -0.438. The zero-order valence-corrected chi connectivity index (χ0v) is 12.2. The fourth-order valence-electron chi connectivity index (χ4n) is 2.11. The van der Waals surface area contributed by atoms with Crippen molar-refractivity contribution in [1.82, 2.24) is 5.32 Å². The molecule has 0 aromatic heterocycles. The van der Waals surface area contributed by atoms with E-state index in [9.17, 15) is 5.11 Å². The Kier molecular flexibility index (Phi) is 6.57. The molecule has 4 heteroatoms. The Balaban J connectivity index is 2.14. The van der Waals surface area contributed by atoms with E-state index in [0.717, 1.165) is 26.1 Å². The molecule has 0 saturated carbocycles. The van der Waals surface area contributed by atoms with Crippen molar-refractivity contribution in [2.75, 3.05) is 26.4 Å². The molecule has 1 fully saturated rings. The number of aliphatic hydroxyl groups is 1. The molecule has 0 amide bonds. The lowest BCUT2D eigenvalue weighted by Crippen LogP contribution is -2.42. The third kappa shape index (κ3) is 6.69. The van der Waals surface area contributed by atoms with Gasteiger partial charge in [-0.1, -0.05) is 0 Å². The molecular weight excluding hydrogens is 230 g/mol. The first-order valence-corrected chi connectivity index (χ1v) is 7.01. The number of hydrogen-bond acceptors (Lipinski definition) is 4. The van der Waals surface area contributed by atoms with Gasteiger partial charge in [-0.2, -0.15) is 0 Å². The van der Waals surface area contributed by atoms with Crippen LogP contribution >= 0.6 is 0 Å². The second-order valence-corrected chi connectivity index (χ2v) is 6.22. The van der Waals surface area contributed by atoms with Gasteiger partial charge in [0.15, 0.2) is 0 Å². The van der Waals surface area contributed by atoms with Crippen LogP contribution in [0.4, 0.5) is 0 Å². The molecule has 0 spiro atoms. The molecule has 1 heterocycles. The van der Waals surface area contributed by atoms with Gasteiger partial charge in [0.2, 0.25) is 0 Å². The second-order valence-electron chi connectivity index (χ2n) is 6.22. The van der Waals surface area contributed by atoms with Crippen LogP contribution in [-0.2, 0) is 9.47 Å². The molecule has 0 radical (unpaired) electrons. The predicted octanol–water partition coefficient (Wildman–Crippen LogP) is 1.57. The van der Waals surface area contributed by atoms with E-state index < -0.39 is 6.10 Å². The summed E-state index contributed by atoms with van der Waals surface area (Å²) >= 11 is 0. The van der Waals surface area contributed by atoms with E-state index in [0.29, 0.717) is 25.1 Å². The van der Waals surface area contributed by atoms with E-state index in [-0.39, 0.29) is 5.60 Å². The highest BCUT2D eigenvalue weighted by molar-refractivity contribution is 4.76. The van der Waals surface area contributed by atoms with Gasteiger partial charge < -0.3 is 19.9 Å². The minimum absolute atomic E-state index is 0.187. The summed E-state index contributed by atoms with van der Waals surface area (Å²) in [4.78, 5) is 0. The molecule has 0 bridgehead atoms. The standard InChI is InChI=1S/C14H29NO3/c1-11(12-5-7-17-8-6-12)15-9-13(16)10-18-14(2,3)4/h11-13,15-16H,5-10H2,1-4H3. The largest absolute Gasteiger partial charge is 0.389 e. The van der Waals surface area contributed by atoms with Crippen LogP contribution in [0.25, 0.3) is 0 Å². The average Bonchev–Trinajstić information content (AvgIpc) is 2.33. The molecule has 0 aliphatic carbocycles. The van der Waals surface area contributed by atoms with E-state index in [4.69, 9.17) is 9.47 Å². The summed E-state index contributed by atoms with van der Waals surface area (Å²) in [7, 11) is 0. The van der Waals surface area contributed by atoms with E-state index in [1.807, 2.05) is 20.8 Å². The zero-order chi connectivity index (χ0) is 13.6.